The smallest absolute Gasteiger partial charge is 0.497 e. The van der Waals surface area contributed by atoms with Crippen molar-refractivity contribution in [2.24, 2.45) is 0 Å². The van der Waals surface area contributed by atoms with Gasteiger partial charge in [0.2, 0.25) is 0 Å². The summed E-state index contributed by atoms with van der Waals surface area (Å²) in [6.45, 7) is 1.07. The quantitative estimate of drug-likeness (QED) is 0.606. The fourth-order valence-electron chi connectivity index (χ4n) is 2.33. The molecular weight excluding hydrogens is 283 g/mol. The van der Waals surface area contributed by atoms with Gasteiger partial charge >= 0.3 is 18.9 Å². The molecule has 0 radical (unpaired) electrons. The molecule has 2 aromatic rings. The Labute approximate surface area is 141 Å². The average Bonchev–Trinajstić information content (AvgIpc) is 2.99. The van der Waals surface area contributed by atoms with E-state index < -0.39 is 5.79 Å². The van der Waals surface area contributed by atoms with Gasteiger partial charge in [0.1, 0.15) is 5.75 Å². The van der Waals surface area contributed by atoms with Crippen molar-refractivity contribution in [1.29, 1.82) is 0 Å². The summed E-state index contributed by atoms with van der Waals surface area (Å²) in [5.74, 6) is -0.172. The van der Waals surface area contributed by atoms with Gasteiger partial charge in [-0.2, -0.15) is 35.9 Å². The molecule has 0 unspecified atom stereocenters. The summed E-state index contributed by atoms with van der Waals surface area (Å²) >= 11 is 5.92. The average molecular weight is 297 g/mol. The van der Waals surface area contributed by atoms with Crippen molar-refractivity contribution in [1.82, 2.24) is 0 Å². The third kappa shape index (κ3) is 3.13. The maximum Gasteiger partial charge on any atom is 1.00 e. The maximum atomic E-state index is 5.92. The van der Waals surface area contributed by atoms with Crippen molar-refractivity contribution < 1.29 is 33.1 Å². The molecule has 1 fully saturated rings. The first-order chi connectivity index (χ1) is 9.74. The molecule has 0 bridgehead atoms. The van der Waals surface area contributed by atoms with E-state index in [1.807, 2.05) is 30.3 Å². The Balaban J connectivity index is 0.00000161. The summed E-state index contributed by atoms with van der Waals surface area (Å²) in [6, 6.07) is 16.2. The number of methoxy groups -OCH3 is 1. The maximum absolute atomic E-state index is 5.92. The molecule has 1 aliphatic rings. The second-order valence-corrected chi connectivity index (χ2v) is 4.90. The summed E-state index contributed by atoms with van der Waals surface area (Å²) in [5, 5.41) is 0.632. The minimum Gasteiger partial charge on any atom is -0.497 e. The number of ether oxygens (including phenoxy) is 3. The first-order valence-electron chi connectivity index (χ1n) is 6.35. The standard InChI is InChI=1S/C16H14ClO3.Li/c1-18-15-4-2-3-13(11-15)16(19-9-10-20-16)12-5-7-14(17)8-6-12;/h2-5,7-8,11H,9-10H2,1H3;/q-1;+1. The molecule has 0 atom stereocenters. The molecule has 3 rings (SSSR count). The zero-order valence-corrected chi connectivity index (χ0v) is 12.8. The van der Waals surface area contributed by atoms with Gasteiger partial charge in [0.25, 0.3) is 0 Å². The summed E-state index contributed by atoms with van der Waals surface area (Å²) in [5.41, 5.74) is 1.68. The van der Waals surface area contributed by atoms with Crippen LogP contribution in [0, 0.1) is 6.07 Å². The zero-order chi connectivity index (χ0) is 14.0. The van der Waals surface area contributed by atoms with Gasteiger partial charge in [-0.25, -0.2) is 0 Å². The van der Waals surface area contributed by atoms with Crippen LogP contribution >= 0.6 is 11.6 Å². The fourth-order valence-corrected chi connectivity index (χ4v) is 2.45. The van der Waals surface area contributed by atoms with E-state index in [0.29, 0.717) is 18.2 Å². The van der Waals surface area contributed by atoms with Crippen LogP contribution < -0.4 is 23.6 Å². The molecule has 21 heavy (non-hydrogen) atoms. The van der Waals surface area contributed by atoms with Crippen LogP contribution in [0.3, 0.4) is 0 Å². The van der Waals surface area contributed by atoms with E-state index in [-0.39, 0.29) is 18.9 Å². The minimum absolute atomic E-state index is 0. The van der Waals surface area contributed by atoms with Crippen LogP contribution in [-0.2, 0) is 15.3 Å². The van der Waals surface area contributed by atoms with Crippen LogP contribution in [0.2, 0.25) is 5.02 Å². The fraction of sp³-hybridized carbons (Fsp3) is 0.250. The Morgan fingerprint density at radius 1 is 1.19 bits per heavy atom. The molecule has 0 aliphatic carbocycles. The largest absolute Gasteiger partial charge is 1.00 e. The molecule has 0 aromatic heterocycles. The molecule has 0 spiro atoms. The Morgan fingerprint density at radius 2 is 1.95 bits per heavy atom. The number of halogens is 1. The molecule has 1 saturated heterocycles. The van der Waals surface area contributed by atoms with Gasteiger partial charge in [0.05, 0.1) is 20.3 Å². The van der Waals surface area contributed by atoms with Crippen LogP contribution in [-0.4, -0.2) is 20.3 Å². The third-order valence-electron chi connectivity index (χ3n) is 3.27. The number of benzene rings is 2. The van der Waals surface area contributed by atoms with Gasteiger partial charge in [-0.05, 0) is 12.1 Å². The van der Waals surface area contributed by atoms with Crippen LogP contribution in [0.15, 0.2) is 42.5 Å². The van der Waals surface area contributed by atoms with Crippen molar-refractivity contribution >= 4 is 11.6 Å². The Hall–Kier alpha value is -0.953. The molecule has 0 amide bonds. The van der Waals surface area contributed by atoms with Gasteiger partial charge in [0, 0.05) is 5.56 Å². The predicted molar refractivity (Wildman–Crippen MR) is 76.0 cm³/mol. The summed E-state index contributed by atoms with van der Waals surface area (Å²) in [6.07, 6.45) is 0. The molecule has 1 aliphatic heterocycles. The molecule has 1 heterocycles. The van der Waals surface area contributed by atoms with Gasteiger partial charge in [0.15, 0.2) is 5.79 Å². The minimum atomic E-state index is -0.931. The topological polar surface area (TPSA) is 27.7 Å². The second kappa shape index (κ2) is 6.87. The second-order valence-electron chi connectivity index (χ2n) is 4.47. The van der Waals surface area contributed by atoms with E-state index in [9.17, 15) is 0 Å². The Bertz CT molecular complexity index is 595. The molecule has 5 heteroatoms. The monoisotopic (exact) mass is 296 g/mol. The van der Waals surface area contributed by atoms with Crippen molar-refractivity contribution in [2.75, 3.05) is 20.3 Å². The van der Waals surface area contributed by atoms with Gasteiger partial charge in [-0.15, -0.1) is 0 Å². The van der Waals surface area contributed by atoms with Gasteiger partial charge in [-0.3, -0.25) is 0 Å². The number of hydrogen-bond acceptors (Lipinski definition) is 3. The van der Waals surface area contributed by atoms with Crippen LogP contribution in [0.4, 0.5) is 0 Å². The van der Waals surface area contributed by atoms with Crippen molar-refractivity contribution in [2.45, 2.75) is 5.79 Å². The van der Waals surface area contributed by atoms with Crippen molar-refractivity contribution in [3.8, 4) is 5.75 Å². The first-order valence-corrected chi connectivity index (χ1v) is 6.72. The number of hydrogen-bond donors (Lipinski definition) is 0. The summed E-state index contributed by atoms with van der Waals surface area (Å²) in [4.78, 5) is 0. The zero-order valence-electron chi connectivity index (χ0n) is 12.1. The number of rotatable bonds is 3. The summed E-state index contributed by atoms with van der Waals surface area (Å²) < 4.78 is 17.1. The molecule has 3 nitrogen and oxygen atoms in total. The molecule has 0 N–H and O–H groups in total. The molecular formula is C16H14ClLiO3. The SMILES string of the molecule is COc1cccc(C2(c3[c-]cc(Cl)cc3)OCCO2)c1.[Li+]. The molecule has 104 valence electrons. The molecule has 0 saturated carbocycles. The van der Waals surface area contributed by atoms with E-state index in [4.69, 9.17) is 25.8 Å². The van der Waals surface area contributed by atoms with Gasteiger partial charge in [-0.1, -0.05) is 22.7 Å². The Kier molecular flexibility index (Phi) is 5.37. The summed E-state index contributed by atoms with van der Waals surface area (Å²) in [7, 11) is 1.64. The van der Waals surface area contributed by atoms with E-state index >= 15 is 0 Å². The normalized spacial score (nSPS) is 16.3. The third-order valence-corrected chi connectivity index (χ3v) is 3.51. The van der Waals surface area contributed by atoms with Crippen molar-refractivity contribution in [3.05, 3.63) is 64.7 Å². The van der Waals surface area contributed by atoms with E-state index in [1.165, 1.54) is 0 Å². The van der Waals surface area contributed by atoms with E-state index in [0.717, 1.165) is 16.9 Å². The van der Waals surface area contributed by atoms with Crippen LogP contribution in [0.1, 0.15) is 11.1 Å². The van der Waals surface area contributed by atoms with E-state index in [1.54, 1.807) is 19.2 Å². The van der Waals surface area contributed by atoms with Crippen LogP contribution in [0.5, 0.6) is 5.75 Å². The first kappa shape index (κ1) is 16.4. The van der Waals surface area contributed by atoms with E-state index in [2.05, 4.69) is 6.07 Å². The van der Waals surface area contributed by atoms with Crippen LogP contribution in [0.25, 0.3) is 0 Å². The van der Waals surface area contributed by atoms with Crippen molar-refractivity contribution in [3.63, 3.8) is 0 Å². The Morgan fingerprint density at radius 3 is 2.57 bits per heavy atom. The molecule has 2 aromatic carbocycles. The predicted octanol–water partition coefficient (Wildman–Crippen LogP) is 0.401. The van der Waals surface area contributed by atoms with Gasteiger partial charge < -0.3 is 14.2 Å².